The van der Waals surface area contributed by atoms with E-state index in [4.69, 9.17) is 19.4 Å². The Morgan fingerprint density at radius 2 is 1.06 bits per heavy atom. The zero-order valence-electron chi connectivity index (χ0n) is 40.3. The Labute approximate surface area is 400 Å². The molecule has 0 bridgehead atoms. The molecule has 0 aliphatic carbocycles. The molecular weight excluding hydrogens is 887 g/mol. The molecular formula is C51H64F2N10O6. The lowest BCUT2D eigenvalue weighted by atomic mass is 10.0. The summed E-state index contributed by atoms with van der Waals surface area (Å²) in [7, 11) is 2.55. The van der Waals surface area contributed by atoms with Gasteiger partial charge in [-0.15, -0.1) is 0 Å². The number of nitrogens with one attached hydrogen (secondary N) is 4. The van der Waals surface area contributed by atoms with Crippen molar-refractivity contribution in [1.29, 1.82) is 0 Å². The second-order valence-electron chi connectivity index (χ2n) is 19.7. The topological polar surface area (TPSA) is 181 Å². The number of H-pyrrole nitrogens is 2. The number of piperidine rings is 1. The monoisotopic (exact) mass is 950 g/mol. The van der Waals surface area contributed by atoms with Crippen molar-refractivity contribution in [2.24, 2.45) is 11.8 Å². The molecule has 2 aromatic heterocycles. The lowest BCUT2D eigenvalue weighted by Crippen LogP contribution is -2.51. The van der Waals surface area contributed by atoms with Crippen LogP contribution in [0.3, 0.4) is 0 Å². The van der Waals surface area contributed by atoms with E-state index in [0.717, 1.165) is 65.3 Å². The maximum Gasteiger partial charge on any atom is 0.407 e. The van der Waals surface area contributed by atoms with Gasteiger partial charge < -0.3 is 49.7 Å². The minimum atomic E-state index is -0.760. The number of alkyl carbamates (subject to hydrolysis) is 2. The van der Waals surface area contributed by atoms with Crippen molar-refractivity contribution < 1.29 is 37.4 Å². The lowest BCUT2D eigenvalue weighted by Gasteiger charge is -2.35. The molecule has 1 unspecified atom stereocenters. The summed E-state index contributed by atoms with van der Waals surface area (Å²) in [6, 6.07) is 12.3. The van der Waals surface area contributed by atoms with Crippen LogP contribution < -0.4 is 20.4 Å². The van der Waals surface area contributed by atoms with Crippen molar-refractivity contribution in [3.05, 3.63) is 82.9 Å². The van der Waals surface area contributed by atoms with E-state index in [1.54, 1.807) is 9.80 Å². The Morgan fingerprint density at radius 3 is 1.48 bits per heavy atom. The molecule has 5 aromatic rings. The molecule has 6 heterocycles. The van der Waals surface area contributed by atoms with Gasteiger partial charge in [0, 0.05) is 31.9 Å². The number of nitrogens with zero attached hydrogens (tertiary/aromatic N) is 6. The Kier molecular flexibility index (Phi) is 13.7. The van der Waals surface area contributed by atoms with E-state index in [0.29, 0.717) is 69.2 Å². The van der Waals surface area contributed by atoms with E-state index in [1.165, 1.54) is 26.4 Å². The van der Waals surface area contributed by atoms with Crippen LogP contribution in [0.15, 0.2) is 48.5 Å². The third-order valence-electron chi connectivity index (χ3n) is 14.7. The summed E-state index contributed by atoms with van der Waals surface area (Å²) < 4.78 is 42.4. The Morgan fingerprint density at radius 1 is 0.609 bits per heavy atom. The second-order valence-corrected chi connectivity index (χ2v) is 19.7. The van der Waals surface area contributed by atoms with Gasteiger partial charge in [0.05, 0.1) is 60.5 Å². The van der Waals surface area contributed by atoms with Crippen LogP contribution in [0.25, 0.3) is 22.1 Å². The summed E-state index contributed by atoms with van der Waals surface area (Å²) in [5, 5.41) is 5.42. The smallest absolute Gasteiger partial charge is 0.407 e. The Bertz CT molecular complexity index is 2550. The number of anilines is 2. The first-order valence-electron chi connectivity index (χ1n) is 24.6. The minimum absolute atomic E-state index is 0.0176. The summed E-state index contributed by atoms with van der Waals surface area (Å²) >= 11 is 0. The Hall–Kier alpha value is -6.46. The lowest BCUT2D eigenvalue weighted by molar-refractivity contribution is -0.136. The van der Waals surface area contributed by atoms with E-state index in [-0.39, 0.29) is 53.5 Å². The van der Waals surface area contributed by atoms with Crippen LogP contribution in [0.2, 0.25) is 0 Å². The molecule has 0 radical (unpaired) electrons. The van der Waals surface area contributed by atoms with Crippen molar-refractivity contribution in [1.82, 2.24) is 40.4 Å². The number of halogens is 2. The van der Waals surface area contributed by atoms with Gasteiger partial charge in [0.25, 0.3) is 0 Å². The van der Waals surface area contributed by atoms with E-state index in [9.17, 15) is 19.2 Å². The highest BCUT2D eigenvalue weighted by molar-refractivity contribution is 5.88. The number of ether oxygens (including phenoxy) is 2. The fraction of sp³-hybridized carbons (Fsp3) is 0.529. The van der Waals surface area contributed by atoms with E-state index in [1.807, 2.05) is 56.9 Å². The highest BCUT2D eigenvalue weighted by Crippen LogP contribution is 2.49. The van der Waals surface area contributed by atoms with Crippen molar-refractivity contribution in [3.63, 3.8) is 0 Å². The van der Waals surface area contributed by atoms with Gasteiger partial charge in [-0.05, 0) is 117 Å². The van der Waals surface area contributed by atoms with Gasteiger partial charge in [0.15, 0.2) is 11.6 Å². The number of benzene rings is 3. The summed E-state index contributed by atoms with van der Waals surface area (Å²) in [6.07, 6.45) is 5.82. The average Bonchev–Trinajstić information content (AvgIpc) is 4.20. The molecule has 18 heteroatoms. The van der Waals surface area contributed by atoms with Crippen LogP contribution in [0.1, 0.15) is 132 Å². The van der Waals surface area contributed by atoms with Gasteiger partial charge in [-0.25, -0.2) is 28.3 Å². The van der Waals surface area contributed by atoms with Crippen LogP contribution in [0.4, 0.5) is 29.7 Å². The molecule has 0 saturated carbocycles. The number of amides is 4. The Balaban J connectivity index is 1.04. The van der Waals surface area contributed by atoms with E-state index < -0.39 is 35.9 Å². The van der Waals surface area contributed by atoms with Crippen molar-refractivity contribution in [3.8, 4) is 0 Å². The van der Waals surface area contributed by atoms with Crippen LogP contribution in [0, 0.1) is 23.5 Å². The number of aromatic nitrogens is 4. The first-order valence-corrected chi connectivity index (χ1v) is 24.6. The number of hydrogen-bond acceptors (Lipinski definition) is 10. The van der Waals surface area contributed by atoms with Gasteiger partial charge in [-0.2, -0.15) is 0 Å². The maximum atomic E-state index is 16.4. The summed E-state index contributed by atoms with van der Waals surface area (Å²) in [5.41, 5.74) is 5.37. The quantitative estimate of drug-likeness (QED) is 0.0944. The molecule has 16 nitrogen and oxygen atoms in total. The van der Waals surface area contributed by atoms with Gasteiger partial charge in [0.2, 0.25) is 11.8 Å². The SMILES string of the molecule is COC(=O)NC(C(=O)N1CCC[C@H]1c1nc2ccc([C@H]3CC[C@H](c4ccc5nc([C@@H]6CCCN6C(=O)[C@@H](NC(=O)OC)C(C)C)[nH]c5c4)N3c3cc(F)c(N4CCCCC4)c(F)c3)cc2[nH]1)C(C)C. The van der Waals surface area contributed by atoms with E-state index >= 15 is 8.78 Å². The zero-order chi connectivity index (χ0) is 48.7. The largest absolute Gasteiger partial charge is 0.453 e. The zero-order valence-corrected chi connectivity index (χ0v) is 40.3. The summed E-state index contributed by atoms with van der Waals surface area (Å²) in [5.74, 6) is -0.592. The number of carbonyl (C=O) groups is 4. The molecule has 4 aliphatic heterocycles. The highest BCUT2D eigenvalue weighted by atomic mass is 19.1. The number of rotatable bonds is 12. The third-order valence-corrected chi connectivity index (χ3v) is 14.7. The first-order chi connectivity index (χ1) is 33.2. The molecule has 69 heavy (non-hydrogen) atoms. The van der Waals surface area contributed by atoms with Gasteiger partial charge >= 0.3 is 12.2 Å². The first kappa shape index (κ1) is 47.6. The van der Waals surface area contributed by atoms with Crippen LogP contribution in [-0.4, -0.2) is 106 Å². The number of fused-ring (bicyclic) bond motifs is 2. The predicted octanol–water partition coefficient (Wildman–Crippen LogP) is 8.88. The number of hydrogen-bond donors (Lipinski definition) is 4. The second kappa shape index (κ2) is 19.9. The molecule has 4 amide bonds. The molecule has 4 aliphatic rings. The molecule has 4 saturated heterocycles. The fourth-order valence-electron chi connectivity index (χ4n) is 11.2. The predicted molar refractivity (Wildman–Crippen MR) is 258 cm³/mol. The molecule has 9 rings (SSSR count). The number of methoxy groups -OCH3 is 2. The van der Waals surface area contributed by atoms with E-state index in [2.05, 4.69) is 37.6 Å². The third kappa shape index (κ3) is 9.38. The molecule has 3 aromatic carbocycles. The maximum absolute atomic E-state index is 16.4. The number of imidazole rings is 2. The molecule has 6 atom stereocenters. The number of aromatic amines is 2. The summed E-state index contributed by atoms with van der Waals surface area (Å²) in [6.45, 7) is 9.79. The molecule has 4 fully saturated rings. The van der Waals surface area contributed by atoms with Crippen molar-refractivity contribution in [2.45, 2.75) is 122 Å². The number of likely N-dealkylation sites (tertiary alicyclic amines) is 2. The minimum Gasteiger partial charge on any atom is -0.453 e. The molecule has 0 spiro atoms. The highest BCUT2D eigenvalue weighted by Gasteiger charge is 2.41. The number of carbonyl (C=O) groups excluding carboxylic acids is 4. The van der Waals surface area contributed by atoms with Crippen LogP contribution >= 0.6 is 0 Å². The van der Waals surface area contributed by atoms with Crippen LogP contribution in [-0.2, 0) is 19.1 Å². The average molecular weight is 951 g/mol. The van der Waals surface area contributed by atoms with Gasteiger partial charge in [0.1, 0.15) is 29.4 Å². The van der Waals surface area contributed by atoms with Crippen molar-refractivity contribution in [2.75, 3.05) is 50.2 Å². The fourth-order valence-corrected chi connectivity index (χ4v) is 11.2. The standard InChI is InChI=1S/C51H64F2N10O6/c1-28(2)43(58-50(66)68-5)48(64)61-22-10-12-41(61)46-54-35-16-14-30(24-37(35)56-46)39-18-19-40(63(39)32-26-33(52)45(34(53)27-32)60-20-8-7-9-21-60)31-15-17-36-38(25-31)57-47(55-36)42-13-11-23-62(42)49(65)44(29(3)4)59-51(67)69-6/h14-17,24-29,39-44H,7-13,18-23H2,1-6H3,(H,54,56)(H,55,57)(H,58,66)(H,59,67)/t39-,40-,41+,42+,43+,44?/m1/s1. The van der Waals surface area contributed by atoms with Crippen molar-refractivity contribution >= 4 is 57.4 Å². The molecule has 4 N–H and O–H groups in total. The summed E-state index contributed by atoms with van der Waals surface area (Å²) in [4.78, 5) is 76.7. The van der Waals surface area contributed by atoms with Gasteiger partial charge in [-0.3, -0.25) is 9.59 Å². The van der Waals surface area contributed by atoms with Crippen LogP contribution in [0.5, 0.6) is 0 Å². The van der Waals surface area contributed by atoms with Gasteiger partial charge in [-0.1, -0.05) is 39.8 Å². The molecule has 368 valence electrons. The normalized spacial score (nSPS) is 21.7.